The highest BCUT2D eigenvalue weighted by molar-refractivity contribution is 5.88. The molecule has 3 aromatic rings. The first kappa shape index (κ1) is 14.9. The lowest BCUT2D eigenvalue weighted by Gasteiger charge is -2.30. The van der Waals surface area contributed by atoms with Crippen molar-refractivity contribution in [1.29, 1.82) is 0 Å². The van der Waals surface area contributed by atoms with Crippen molar-refractivity contribution in [3.05, 3.63) is 65.6 Å². The Morgan fingerprint density at radius 3 is 2.88 bits per heavy atom. The van der Waals surface area contributed by atoms with Crippen molar-refractivity contribution in [2.75, 3.05) is 6.54 Å². The molecule has 2 aromatic heterocycles. The second kappa shape index (κ2) is 6.09. The Morgan fingerprint density at radius 2 is 2.08 bits per heavy atom. The molecule has 3 heterocycles. The zero-order valence-electron chi connectivity index (χ0n) is 13.5. The van der Waals surface area contributed by atoms with Gasteiger partial charge in [0.2, 0.25) is 5.91 Å². The number of benzene rings is 1. The standard InChI is InChI=1S/C19H20N4O/c1-2-20-19(24)16-11-13-12-7-3-4-8-14(12)22-17(13)18(23-16)15-9-5-6-10-21-15/h3-10,16,18,22-23H,2,11H2,1H3,(H,20,24)/t16-,18?/m0/s1. The number of nitrogens with zero attached hydrogens (tertiary/aromatic N) is 1. The van der Waals surface area contributed by atoms with Gasteiger partial charge in [0.1, 0.15) is 0 Å². The van der Waals surface area contributed by atoms with Crippen molar-refractivity contribution in [2.24, 2.45) is 0 Å². The SMILES string of the molecule is CCNC(=O)[C@@H]1Cc2c([nH]c3ccccc23)C(c2ccccn2)N1. The van der Waals surface area contributed by atoms with Gasteiger partial charge >= 0.3 is 0 Å². The lowest BCUT2D eigenvalue weighted by molar-refractivity contribution is -0.123. The van der Waals surface area contributed by atoms with Crippen LogP contribution >= 0.6 is 0 Å². The van der Waals surface area contributed by atoms with Crippen LogP contribution in [0, 0.1) is 0 Å². The number of para-hydroxylation sites is 1. The average Bonchev–Trinajstić information content (AvgIpc) is 3.00. The van der Waals surface area contributed by atoms with E-state index in [9.17, 15) is 4.79 Å². The number of rotatable bonds is 3. The van der Waals surface area contributed by atoms with Crippen LogP contribution in [0.1, 0.15) is 29.9 Å². The minimum absolute atomic E-state index is 0.0364. The molecule has 1 aliphatic rings. The Hall–Kier alpha value is -2.66. The molecule has 0 bridgehead atoms. The smallest absolute Gasteiger partial charge is 0.237 e. The van der Waals surface area contributed by atoms with Gasteiger partial charge in [-0.25, -0.2) is 0 Å². The number of likely N-dealkylation sites (N-methyl/N-ethyl adjacent to an activating group) is 1. The monoisotopic (exact) mass is 320 g/mol. The van der Waals surface area contributed by atoms with E-state index >= 15 is 0 Å². The van der Waals surface area contributed by atoms with Gasteiger partial charge in [-0.3, -0.25) is 15.1 Å². The molecule has 1 aromatic carbocycles. The van der Waals surface area contributed by atoms with E-state index in [2.05, 4.69) is 32.7 Å². The number of hydrogen-bond donors (Lipinski definition) is 3. The zero-order chi connectivity index (χ0) is 16.5. The normalized spacial score (nSPS) is 19.9. The second-order valence-electron chi connectivity index (χ2n) is 6.07. The minimum Gasteiger partial charge on any atom is -0.357 e. The first-order chi connectivity index (χ1) is 11.8. The van der Waals surface area contributed by atoms with Crippen molar-refractivity contribution in [1.82, 2.24) is 20.6 Å². The first-order valence-corrected chi connectivity index (χ1v) is 8.32. The quantitative estimate of drug-likeness (QED) is 0.693. The summed E-state index contributed by atoms with van der Waals surface area (Å²) in [6, 6.07) is 13.7. The third-order valence-electron chi connectivity index (χ3n) is 4.56. The highest BCUT2D eigenvalue weighted by Crippen LogP contribution is 2.34. The molecule has 0 aliphatic carbocycles. The number of aromatic nitrogens is 2. The largest absolute Gasteiger partial charge is 0.357 e. The molecule has 122 valence electrons. The number of carbonyl (C=O) groups is 1. The van der Waals surface area contributed by atoms with E-state index in [1.807, 2.05) is 37.3 Å². The van der Waals surface area contributed by atoms with Gasteiger partial charge < -0.3 is 10.3 Å². The highest BCUT2D eigenvalue weighted by atomic mass is 16.2. The Labute approximate surface area is 140 Å². The van der Waals surface area contributed by atoms with Gasteiger partial charge in [0.05, 0.1) is 17.8 Å². The molecule has 5 heteroatoms. The van der Waals surface area contributed by atoms with Crippen LogP contribution in [0.4, 0.5) is 0 Å². The third-order valence-corrected chi connectivity index (χ3v) is 4.56. The van der Waals surface area contributed by atoms with Crippen LogP contribution < -0.4 is 10.6 Å². The fraction of sp³-hybridized carbons (Fsp3) is 0.263. The molecule has 4 rings (SSSR count). The molecule has 3 N–H and O–H groups in total. The van der Waals surface area contributed by atoms with Crippen LogP contribution in [0.3, 0.4) is 0 Å². The summed E-state index contributed by atoms with van der Waals surface area (Å²) in [5, 5.41) is 7.58. The van der Waals surface area contributed by atoms with E-state index < -0.39 is 0 Å². The lowest BCUT2D eigenvalue weighted by Crippen LogP contribution is -2.49. The molecule has 0 spiro atoms. The number of pyridine rings is 1. The molecule has 0 fully saturated rings. The predicted octanol–water partition coefficient (Wildman–Crippen LogP) is 2.30. The molecule has 5 nitrogen and oxygen atoms in total. The number of aromatic amines is 1. The fourth-order valence-corrected chi connectivity index (χ4v) is 3.48. The summed E-state index contributed by atoms with van der Waals surface area (Å²) in [5.74, 6) is 0.0364. The van der Waals surface area contributed by atoms with Gasteiger partial charge in [-0.1, -0.05) is 24.3 Å². The number of H-pyrrole nitrogens is 1. The van der Waals surface area contributed by atoms with E-state index in [4.69, 9.17) is 0 Å². The number of carbonyl (C=O) groups excluding carboxylic acids is 1. The second-order valence-corrected chi connectivity index (χ2v) is 6.07. The summed E-state index contributed by atoms with van der Waals surface area (Å²) in [6.07, 6.45) is 2.46. The number of nitrogens with one attached hydrogen (secondary N) is 3. The molecule has 0 saturated heterocycles. The fourth-order valence-electron chi connectivity index (χ4n) is 3.48. The molecule has 24 heavy (non-hydrogen) atoms. The van der Waals surface area contributed by atoms with Crippen LogP contribution in [0.2, 0.25) is 0 Å². The van der Waals surface area contributed by atoms with Gasteiger partial charge in [-0.2, -0.15) is 0 Å². The van der Waals surface area contributed by atoms with Crippen molar-refractivity contribution >= 4 is 16.8 Å². The van der Waals surface area contributed by atoms with Gasteiger partial charge in [0.25, 0.3) is 0 Å². The topological polar surface area (TPSA) is 69.8 Å². The summed E-state index contributed by atoms with van der Waals surface area (Å²) >= 11 is 0. The lowest BCUT2D eigenvalue weighted by atomic mass is 9.92. The molecule has 1 aliphatic heterocycles. The molecule has 1 amide bonds. The molecule has 0 radical (unpaired) electrons. The van der Waals surface area contributed by atoms with Crippen molar-refractivity contribution < 1.29 is 4.79 Å². The summed E-state index contributed by atoms with van der Waals surface area (Å²) in [5.41, 5.74) is 4.33. The van der Waals surface area contributed by atoms with Crippen LogP contribution in [0.5, 0.6) is 0 Å². The van der Waals surface area contributed by atoms with Crippen LogP contribution in [-0.2, 0) is 11.2 Å². The van der Waals surface area contributed by atoms with Crippen molar-refractivity contribution in [3.63, 3.8) is 0 Å². The summed E-state index contributed by atoms with van der Waals surface area (Å²) in [6.45, 7) is 2.57. The van der Waals surface area contributed by atoms with Crippen molar-refractivity contribution in [2.45, 2.75) is 25.4 Å². The highest BCUT2D eigenvalue weighted by Gasteiger charge is 2.34. The van der Waals surface area contributed by atoms with Gasteiger partial charge in [-0.15, -0.1) is 0 Å². The Balaban J connectivity index is 1.83. The molecule has 0 saturated carbocycles. The van der Waals surface area contributed by atoms with Crippen LogP contribution in [0.15, 0.2) is 48.7 Å². The number of amides is 1. The molecule has 1 unspecified atom stereocenters. The Bertz CT molecular complexity index is 871. The molecule has 2 atom stereocenters. The predicted molar refractivity (Wildman–Crippen MR) is 93.7 cm³/mol. The molecular formula is C19H20N4O. The van der Waals surface area contributed by atoms with Crippen LogP contribution in [0.25, 0.3) is 10.9 Å². The third kappa shape index (κ3) is 2.47. The Morgan fingerprint density at radius 1 is 1.25 bits per heavy atom. The van der Waals surface area contributed by atoms with E-state index in [-0.39, 0.29) is 18.0 Å². The number of hydrogen-bond acceptors (Lipinski definition) is 3. The minimum atomic E-state index is -0.260. The maximum Gasteiger partial charge on any atom is 0.237 e. The van der Waals surface area contributed by atoms with E-state index in [1.165, 1.54) is 10.9 Å². The van der Waals surface area contributed by atoms with Gasteiger partial charge in [0, 0.05) is 29.3 Å². The Kier molecular flexibility index (Phi) is 3.78. The van der Waals surface area contributed by atoms with Crippen molar-refractivity contribution in [3.8, 4) is 0 Å². The van der Waals surface area contributed by atoms with Gasteiger partial charge in [0.15, 0.2) is 0 Å². The average molecular weight is 320 g/mol. The maximum absolute atomic E-state index is 12.4. The first-order valence-electron chi connectivity index (χ1n) is 8.32. The summed E-state index contributed by atoms with van der Waals surface area (Å²) in [4.78, 5) is 20.5. The number of fused-ring (bicyclic) bond motifs is 3. The summed E-state index contributed by atoms with van der Waals surface area (Å²) in [7, 11) is 0. The summed E-state index contributed by atoms with van der Waals surface area (Å²) < 4.78 is 0. The van der Waals surface area contributed by atoms with Crippen LogP contribution in [-0.4, -0.2) is 28.5 Å². The van der Waals surface area contributed by atoms with E-state index in [0.717, 1.165) is 16.9 Å². The van der Waals surface area contributed by atoms with Gasteiger partial charge in [-0.05, 0) is 37.1 Å². The maximum atomic E-state index is 12.4. The van der Waals surface area contributed by atoms with E-state index in [0.29, 0.717) is 13.0 Å². The van der Waals surface area contributed by atoms with E-state index in [1.54, 1.807) is 6.20 Å². The zero-order valence-corrected chi connectivity index (χ0v) is 13.5. The molecular weight excluding hydrogens is 300 g/mol.